The van der Waals surface area contributed by atoms with Crippen molar-refractivity contribution in [3.05, 3.63) is 34.3 Å². The molecule has 94 valence electrons. The summed E-state index contributed by atoms with van der Waals surface area (Å²) in [7, 11) is 0. The van der Waals surface area contributed by atoms with Crippen LogP contribution >= 0.6 is 15.9 Å². The molecule has 1 saturated heterocycles. The Kier molecular flexibility index (Phi) is 5.01. The van der Waals surface area contributed by atoms with Crippen molar-refractivity contribution in [1.82, 2.24) is 0 Å². The number of hydrogen-bond donors (Lipinski definition) is 1. The molecule has 1 aromatic carbocycles. The van der Waals surface area contributed by atoms with E-state index >= 15 is 0 Å². The van der Waals surface area contributed by atoms with Gasteiger partial charge in [0.05, 0.1) is 0 Å². The van der Waals surface area contributed by atoms with Crippen LogP contribution < -0.4 is 5.73 Å². The Balaban J connectivity index is 1.82. The lowest BCUT2D eigenvalue weighted by molar-refractivity contribution is 0.0619. The highest BCUT2D eigenvalue weighted by atomic mass is 79.9. The Hall–Kier alpha value is -0.380. The molecule has 0 spiro atoms. The summed E-state index contributed by atoms with van der Waals surface area (Å²) in [5.41, 5.74) is 7.55. The Labute approximate surface area is 112 Å². The lowest BCUT2D eigenvalue weighted by Gasteiger charge is -2.24. The lowest BCUT2D eigenvalue weighted by Crippen LogP contribution is -2.28. The van der Waals surface area contributed by atoms with Gasteiger partial charge in [-0.3, -0.25) is 0 Å². The molecule has 0 amide bonds. The summed E-state index contributed by atoms with van der Waals surface area (Å²) >= 11 is 3.49. The van der Waals surface area contributed by atoms with Crippen LogP contribution in [-0.2, 0) is 11.2 Å². The summed E-state index contributed by atoms with van der Waals surface area (Å²) in [5.74, 6) is 0.755. The second kappa shape index (κ2) is 6.53. The molecule has 1 aromatic rings. The lowest BCUT2D eigenvalue weighted by atomic mass is 9.90. The van der Waals surface area contributed by atoms with Gasteiger partial charge in [0.15, 0.2) is 0 Å². The van der Waals surface area contributed by atoms with Gasteiger partial charge in [-0.25, -0.2) is 0 Å². The molecular weight excluding hydrogens is 278 g/mol. The molecule has 2 nitrogen and oxygen atoms in total. The molecule has 1 unspecified atom stereocenters. The molecule has 0 aromatic heterocycles. The fourth-order valence-corrected chi connectivity index (χ4v) is 2.91. The fraction of sp³-hybridized carbons (Fsp3) is 0.571. The number of benzene rings is 1. The van der Waals surface area contributed by atoms with Crippen LogP contribution in [0, 0.1) is 5.92 Å². The summed E-state index contributed by atoms with van der Waals surface area (Å²) in [6, 6.07) is 8.69. The molecule has 0 bridgehead atoms. The van der Waals surface area contributed by atoms with E-state index < -0.39 is 0 Å². The molecule has 1 atom stereocenters. The van der Waals surface area contributed by atoms with E-state index in [0.717, 1.165) is 36.4 Å². The van der Waals surface area contributed by atoms with Gasteiger partial charge < -0.3 is 10.5 Å². The molecule has 1 aliphatic heterocycles. The van der Waals surface area contributed by atoms with Crippen LogP contribution in [0.1, 0.15) is 24.8 Å². The monoisotopic (exact) mass is 297 g/mol. The predicted molar refractivity (Wildman–Crippen MR) is 74.0 cm³/mol. The molecule has 2 rings (SSSR count). The van der Waals surface area contributed by atoms with Crippen LogP contribution in [0.4, 0.5) is 0 Å². The molecule has 0 radical (unpaired) electrons. The highest BCUT2D eigenvalue weighted by Crippen LogP contribution is 2.21. The minimum atomic E-state index is 0.271. The number of halogens is 1. The van der Waals surface area contributed by atoms with Crippen molar-refractivity contribution >= 4 is 15.9 Å². The van der Waals surface area contributed by atoms with Gasteiger partial charge >= 0.3 is 0 Å². The quantitative estimate of drug-likeness (QED) is 0.927. The zero-order valence-corrected chi connectivity index (χ0v) is 11.7. The van der Waals surface area contributed by atoms with E-state index in [-0.39, 0.29) is 6.04 Å². The van der Waals surface area contributed by atoms with Gasteiger partial charge in [-0.05, 0) is 49.3 Å². The topological polar surface area (TPSA) is 35.2 Å². The second-order valence-corrected chi connectivity index (χ2v) is 5.80. The first kappa shape index (κ1) is 13.1. The first-order valence-corrected chi connectivity index (χ1v) is 7.11. The van der Waals surface area contributed by atoms with Crippen molar-refractivity contribution in [2.45, 2.75) is 31.7 Å². The zero-order valence-electron chi connectivity index (χ0n) is 10.1. The van der Waals surface area contributed by atoms with Gasteiger partial charge in [-0.2, -0.15) is 0 Å². The van der Waals surface area contributed by atoms with Crippen molar-refractivity contribution in [3.63, 3.8) is 0 Å². The maximum Gasteiger partial charge on any atom is 0.0468 e. The van der Waals surface area contributed by atoms with Gasteiger partial charge in [0, 0.05) is 23.7 Å². The molecule has 2 N–H and O–H groups in total. The Morgan fingerprint density at radius 2 is 2.12 bits per heavy atom. The summed E-state index contributed by atoms with van der Waals surface area (Å²) in [6.45, 7) is 1.82. The highest BCUT2D eigenvalue weighted by molar-refractivity contribution is 9.10. The van der Waals surface area contributed by atoms with E-state index in [1.807, 2.05) is 6.07 Å². The maximum absolute atomic E-state index is 6.23. The van der Waals surface area contributed by atoms with Gasteiger partial charge in [-0.15, -0.1) is 0 Å². The first-order valence-electron chi connectivity index (χ1n) is 6.32. The van der Waals surface area contributed by atoms with Crippen LogP contribution in [0.25, 0.3) is 0 Å². The summed E-state index contributed by atoms with van der Waals surface area (Å²) in [5, 5.41) is 0. The van der Waals surface area contributed by atoms with E-state index in [1.165, 1.54) is 18.4 Å². The molecule has 17 heavy (non-hydrogen) atoms. The van der Waals surface area contributed by atoms with E-state index in [9.17, 15) is 0 Å². The smallest absolute Gasteiger partial charge is 0.0468 e. The third-order valence-electron chi connectivity index (χ3n) is 3.36. The van der Waals surface area contributed by atoms with E-state index in [1.54, 1.807) is 0 Å². The van der Waals surface area contributed by atoms with Gasteiger partial charge in [0.25, 0.3) is 0 Å². The van der Waals surface area contributed by atoms with Gasteiger partial charge in [0.2, 0.25) is 0 Å². The number of hydrogen-bond acceptors (Lipinski definition) is 2. The molecule has 1 fully saturated rings. The van der Waals surface area contributed by atoms with Crippen LogP contribution in [0.2, 0.25) is 0 Å². The number of ether oxygens (including phenoxy) is 1. The maximum atomic E-state index is 6.23. The van der Waals surface area contributed by atoms with Crippen molar-refractivity contribution in [3.8, 4) is 0 Å². The van der Waals surface area contributed by atoms with Crippen molar-refractivity contribution in [2.24, 2.45) is 11.7 Å². The zero-order chi connectivity index (χ0) is 12.1. The van der Waals surface area contributed by atoms with Gasteiger partial charge in [-0.1, -0.05) is 28.1 Å². The highest BCUT2D eigenvalue weighted by Gasteiger charge is 2.17. The Morgan fingerprint density at radius 3 is 2.82 bits per heavy atom. The summed E-state index contributed by atoms with van der Waals surface area (Å²) in [4.78, 5) is 0. The average molecular weight is 298 g/mol. The SMILES string of the molecule is NC(Cc1cccc(Br)c1)CC1CCOCC1. The first-order chi connectivity index (χ1) is 8.24. The normalized spacial score (nSPS) is 19.2. The van der Waals surface area contributed by atoms with E-state index in [0.29, 0.717) is 0 Å². The summed E-state index contributed by atoms with van der Waals surface area (Å²) in [6.07, 6.45) is 4.44. The van der Waals surface area contributed by atoms with Crippen molar-refractivity contribution < 1.29 is 4.74 Å². The minimum Gasteiger partial charge on any atom is -0.381 e. The largest absolute Gasteiger partial charge is 0.381 e. The molecule has 3 heteroatoms. The molecule has 1 heterocycles. The van der Waals surface area contributed by atoms with E-state index in [4.69, 9.17) is 10.5 Å². The Bertz CT molecular complexity index is 350. The average Bonchev–Trinajstić information content (AvgIpc) is 2.30. The molecule has 0 aliphatic carbocycles. The Morgan fingerprint density at radius 1 is 1.35 bits per heavy atom. The number of rotatable bonds is 4. The molecule has 1 aliphatic rings. The third kappa shape index (κ3) is 4.41. The van der Waals surface area contributed by atoms with E-state index in [2.05, 4.69) is 34.1 Å². The molecular formula is C14H20BrNO. The van der Waals surface area contributed by atoms with Crippen molar-refractivity contribution in [1.29, 1.82) is 0 Å². The van der Waals surface area contributed by atoms with Crippen LogP contribution in [0.15, 0.2) is 28.7 Å². The third-order valence-corrected chi connectivity index (χ3v) is 3.86. The summed E-state index contributed by atoms with van der Waals surface area (Å²) < 4.78 is 6.50. The standard InChI is InChI=1S/C14H20BrNO/c15-13-3-1-2-12(8-13)10-14(16)9-11-4-6-17-7-5-11/h1-3,8,11,14H,4-7,9-10,16H2. The van der Waals surface area contributed by atoms with Crippen LogP contribution in [0.3, 0.4) is 0 Å². The van der Waals surface area contributed by atoms with Crippen LogP contribution in [0.5, 0.6) is 0 Å². The van der Waals surface area contributed by atoms with Crippen LogP contribution in [-0.4, -0.2) is 19.3 Å². The minimum absolute atomic E-state index is 0.271. The van der Waals surface area contributed by atoms with Crippen molar-refractivity contribution in [2.75, 3.05) is 13.2 Å². The second-order valence-electron chi connectivity index (χ2n) is 4.89. The van der Waals surface area contributed by atoms with Gasteiger partial charge in [0.1, 0.15) is 0 Å². The molecule has 0 saturated carbocycles. The predicted octanol–water partition coefficient (Wildman–Crippen LogP) is 3.14. The fourth-order valence-electron chi connectivity index (χ4n) is 2.46. The number of nitrogens with two attached hydrogens (primary N) is 1.